The van der Waals surface area contributed by atoms with Crippen molar-refractivity contribution in [3.05, 3.63) is 34.2 Å². The van der Waals surface area contributed by atoms with Gasteiger partial charge in [-0.05, 0) is 40.8 Å². The van der Waals surface area contributed by atoms with Crippen molar-refractivity contribution in [1.29, 1.82) is 0 Å². The molecule has 1 heterocycles. The van der Waals surface area contributed by atoms with Gasteiger partial charge >= 0.3 is 0 Å². The highest BCUT2D eigenvalue weighted by atomic mass is 127. The normalized spacial score (nSPS) is 11.6. The molecule has 8 heteroatoms. The molecule has 0 aliphatic carbocycles. The number of benzene rings is 1. The molecule has 0 saturated heterocycles. The van der Waals surface area contributed by atoms with Crippen LogP contribution in [0, 0.1) is 3.57 Å². The minimum absolute atomic E-state index is 0.00667. The lowest BCUT2D eigenvalue weighted by molar-refractivity contribution is 0.597. The molecular formula is C9H9IN4O2S. The van der Waals surface area contributed by atoms with Crippen LogP contribution in [0.5, 0.6) is 0 Å². The zero-order chi connectivity index (χ0) is 12.6. The molecule has 0 unspecified atom stereocenters. The van der Waals surface area contributed by atoms with E-state index in [0.717, 1.165) is 3.57 Å². The Bertz CT molecular complexity index is 665. The van der Waals surface area contributed by atoms with Gasteiger partial charge in [0.05, 0.1) is 26.0 Å². The highest BCUT2D eigenvalue weighted by Gasteiger charge is 2.12. The number of aromatic nitrogens is 2. The van der Waals surface area contributed by atoms with Crippen LogP contribution in [-0.4, -0.2) is 18.2 Å². The third-order valence-electron chi connectivity index (χ3n) is 2.13. The maximum Gasteiger partial charge on any atom is 0.238 e. The molecular weight excluding hydrogens is 355 g/mol. The summed E-state index contributed by atoms with van der Waals surface area (Å²) < 4.78 is 24.9. The molecule has 17 heavy (non-hydrogen) atoms. The smallest absolute Gasteiger partial charge is 0.238 e. The van der Waals surface area contributed by atoms with Crippen molar-refractivity contribution in [2.45, 2.75) is 4.90 Å². The molecule has 0 radical (unpaired) electrons. The van der Waals surface area contributed by atoms with Gasteiger partial charge in [-0.2, -0.15) is 5.10 Å². The molecule has 1 aromatic heterocycles. The summed E-state index contributed by atoms with van der Waals surface area (Å²) in [5.41, 5.74) is 6.69. The summed E-state index contributed by atoms with van der Waals surface area (Å²) in [7, 11) is -3.74. The van der Waals surface area contributed by atoms with Gasteiger partial charge in [0.15, 0.2) is 0 Å². The SMILES string of the molecule is Nc1ccc(S(N)(=O)=O)cc1-n1cc(I)cn1. The number of sulfonamides is 1. The van der Waals surface area contributed by atoms with Crippen molar-refractivity contribution in [2.24, 2.45) is 5.14 Å². The second kappa shape index (κ2) is 4.27. The van der Waals surface area contributed by atoms with E-state index in [2.05, 4.69) is 27.7 Å². The Morgan fingerprint density at radius 2 is 2.06 bits per heavy atom. The number of hydrogen-bond donors (Lipinski definition) is 2. The maximum atomic E-state index is 11.2. The van der Waals surface area contributed by atoms with Gasteiger partial charge in [-0.15, -0.1) is 0 Å². The first kappa shape index (κ1) is 12.3. The number of primary sulfonamides is 1. The van der Waals surface area contributed by atoms with Crippen molar-refractivity contribution >= 4 is 38.3 Å². The number of halogens is 1. The van der Waals surface area contributed by atoms with Crippen molar-refractivity contribution in [1.82, 2.24) is 9.78 Å². The fraction of sp³-hybridized carbons (Fsp3) is 0. The molecule has 0 bridgehead atoms. The van der Waals surface area contributed by atoms with Crippen LogP contribution in [0.15, 0.2) is 35.5 Å². The van der Waals surface area contributed by atoms with Gasteiger partial charge in [-0.25, -0.2) is 18.2 Å². The van der Waals surface area contributed by atoms with Crippen LogP contribution in [0.25, 0.3) is 5.69 Å². The summed E-state index contributed by atoms with van der Waals surface area (Å²) in [5.74, 6) is 0. The van der Waals surface area contributed by atoms with Gasteiger partial charge in [0.25, 0.3) is 0 Å². The topological polar surface area (TPSA) is 104 Å². The summed E-state index contributed by atoms with van der Waals surface area (Å²) in [4.78, 5) is 0.00667. The Hall–Kier alpha value is -1.13. The van der Waals surface area contributed by atoms with Gasteiger partial charge in [-0.1, -0.05) is 0 Å². The highest BCUT2D eigenvalue weighted by Crippen LogP contribution is 2.21. The molecule has 2 rings (SSSR count). The van der Waals surface area contributed by atoms with Crippen molar-refractivity contribution in [3.63, 3.8) is 0 Å². The molecule has 2 aromatic rings. The van der Waals surface area contributed by atoms with E-state index in [9.17, 15) is 8.42 Å². The lowest BCUT2D eigenvalue weighted by atomic mass is 10.3. The maximum absolute atomic E-state index is 11.2. The molecule has 0 saturated carbocycles. The molecule has 0 aliphatic rings. The number of nitrogen functional groups attached to an aromatic ring is 1. The lowest BCUT2D eigenvalue weighted by Gasteiger charge is -2.07. The summed E-state index contributed by atoms with van der Waals surface area (Å²) in [6.45, 7) is 0. The third-order valence-corrected chi connectivity index (χ3v) is 3.60. The van der Waals surface area contributed by atoms with Crippen LogP contribution in [0.1, 0.15) is 0 Å². The van der Waals surface area contributed by atoms with Gasteiger partial charge in [0, 0.05) is 6.20 Å². The Balaban J connectivity index is 2.62. The van der Waals surface area contributed by atoms with E-state index in [4.69, 9.17) is 10.9 Å². The number of anilines is 1. The minimum Gasteiger partial charge on any atom is -0.397 e. The van der Waals surface area contributed by atoms with E-state index in [1.54, 1.807) is 12.4 Å². The summed E-state index contributed by atoms with van der Waals surface area (Å²) >= 11 is 2.10. The summed E-state index contributed by atoms with van der Waals surface area (Å²) in [5, 5.41) is 9.12. The van der Waals surface area contributed by atoms with Crippen molar-refractivity contribution in [2.75, 3.05) is 5.73 Å². The number of rotatable bonds is 2. The zero-order valence-electron chi connectivity index (χ0n) is 8.54. The average Bonchev–Trinajstić information content (AvgIpc) is 2.63. The van der Waals surface area contributed by atoms with Crippen molar-refractivity contribution < 1.29 is 8.42 Å². The summed E-state index contributed by atoms with van der Waals surface area (Å²) in [6.07, 6.45) is 3.38. The molecule has 0 spiro atoms. The highest BCUT2D eigenvalue weighted by molar-refractivity contribution is 14.1. The zero-order valence-corrected chi connectivity index (χ0v) is 11.5. The molecule has 90 valence electrons. The van der Waals surface area contributed by atoms with Crippen LogP contribution in [-0.2, 0) is 10.0 Å². The molecule has 0 fully saturated rings. The van der Waals surface area contributed by atoms with Crippen LogP contribution >= 0.6 is 22.6 Å². The van der Waals surface area contributed by atoms with Gasteiger partial charge in [-0.3, -0.25) is 0 Å². The van der Waals surface area contributed by atoms with Gasteiger partial charge < -0.3 is 5.73 Å². The number of nitrogens with zero attached hydrogens (tertiary/aromatic N) is 2. The largest absolute Gasteiger partial charge is 0.397 e. The molecule has 4 N–H and O–H groups in total. The number of nitrogens with two attached hydrogens (primary N) is 2. The van der Waals surface area contributed by atoms with E-state index < -0.39 is 10.0 Å². The van der Waals surface area contributed by atoms with Crippen molar-refractivity contribution in [3.8, 4) is 5.69 Å². The lowest BCUT2D eigenvalue weighted by Crippen LogP contribution is -2.13. The van der Waals surface area contributed by atoms with E-state index in [1.807, 2.05) is 0 Å². The molecule has 0 aliphatic heterocycles. The fourth-order valence-corrected chi connectivity index (χ4v) is 2.25. The standard InChI is InChI=1S/C9H9IN4O2S/c10-6-4-13-14(5-6)9-3-7(17(12,15)16)1-2-8(9)11/h1-5H,11H2,(H2,12,15,16). The van der Waals surface area contributed by atoms with E-state index in [0.29, 0.717) is 11.4 Å². The third kappa shape index (κ3) is 2.58. The second-order valence-electron chi connectivity index (χ2n) is 3.37. The molecule has 0 amide bonds. The predicted molar refractivity (Wildman–Crippen MR) is 72.1 cm³/mol. The Morgan fingerprint density at radius 1 is 1.35 bits per heavy atom. The molecule has 6 nitrogen and oxygen atoms in total. The number of hydrogen-bond acceptors (Lipinski definition) is 4. The minimum atomic E-state index is -3.74. The fourth-order valence-electron chi connectivity index (χ4n) is 1.33. The monoisotopic (exact) mass is 364 g/mol. The molecule has 0 atom stereocenters. The first-order valence-corrected chi connectivity index (χ1v) is 7.13. The van der Waals surface area contributed by atoms with E-state index >= 15 is 0 Å². The van der Waals surface area contributed by atoms with Crippen LogP contribution < -0.4 is 10.9 Å². The quantitative estimate of drug-likeness (QED) is 0.605. The average molecular weight is 364 g/mol. The Labute approximate surface area is 112 Å². The van der Waals surface area contributed by atoms with Crippen LogP contribution in [0.2, 0.25) is 0 Å². The Kier molecular flexibility index (Phi) is 3.10. The first-order valence-electron chi connectivity index (χ1n) is 4.51. The summed E-state index contributed by atoms with van der Waals surface area (Å²) in [6, 6.07) is 4.25. The van der Waals surface area contributed by atoms with Gasteiger partial charge in [0.2, 0.25) is 10.0 Å². The molecule has 1 aromatic carbocycles. The first-order chi connectivity index (χ1) is 7.88. The van der Waals surface area contributed by atoms with Gasteiger partial charge in [0.1, 0.15) is 0 Å². The van der Waals surface area contributed by atoms with Crippen LogP contribution in [0.4, 0.5) is 5.69 Å². The second-order valence-corrected chi connectivity index (χ2v) is 6.18. The van der Waals surface area contributed by atoms with E-state index in [1.165, 1.54) is 22.9 Å². The predicted octanol–water partition coefficient (Wildman–Crippen LogP) is 0.706. The van der Waals surface area contributed by atoms with E-state index in [-0.39, 0.29) is 4.90 Å². The van der Waals surface area contributed by atoms with Crippen LogP contribution in [0.3, 0.4) is 0 Å². The Morgan fingerprint density at radius 3 is 2.59 bits per heavy atom.